The topological polar surface area (TPSA) is 76.4 Å². The van der Waals surface area contributed by atoms with Crippen molar-refractivity contribution in [1.29, 1.82) is 0 Å². The molecule has 6 nitrogen and oxygen atoms in total. The number of ether oxygens (including phenoxy) is 1. The molecule has 1 aliphatic carbocycles. The first-order valence-corrected chi connectivity index (χ1v) is 13.3. The van der Waals surface area contributed by atoms with E-state index in [-0.39, 0.29) is 18.2 Å². The summed E-state index contributed by atoms with van der Waals surface area (Å²) in [5.74, 6) is 1.46. The molecule has 6 heteroatoms. The molecule has 1 amide bonds. The average Bonchev–Trinajstić information content (AvgIpc) is 3.33. The van der Waals surface area contributed by atoms with E-state index in [0.29, 0.717) is 25.2 Å². The summed E-state index contributed by atoms with van der Waals surface area (Å²) in [5.41, 5.74) is 3.00. The molecule has 1 aromatic heterocycles. The van der Waals surface area contributed by atoms with Gasteiger partial charge in [0.15, 0.2) is 0 Å². The second-order valence-electron chi connectivity index (χ2n) is 10.3. The SMILES string of the molecule is COc1ccc(Cn2nc([C@H]3C[C@@](O)(c4ccccc4)C3)cc2NC(=O)Cc2cccc3ccccc23)cc1. The Hall–Kier alpha value is -4.42. The molecule has 0 spiro atoms. The summed E-state index contributed by atoms with van der Waals surface area (Å²) in [6, 6.07) is 33.8. The highest BCUT2D eigenvalue weighted by Gasteiger charge is 2.45. The lowest BCUT2D eigenvalue weighted by Gasteiger charge is -2.43. The Balaban J connectivity index is 1.24. The van der Waals surface area contributed by atoms with E-state index in [2.05, 4.69) is 23.5 Å². The smallest absolute Gasteiger partial charge is 0.229 e. The predicted molar refractivity (Wildman–Crippen MR) is 153 cm³/mol. The van der Waals surface area contributed by atoms with Crippen molar-refractivity contribution in [3.05, 3.63) is 126 Å². The first kappa shape index (κ1) is 24.9. The first-order valence-electron chi connectivity index (χ1n) is 13.3. The number of rotatable bonds is 8. The number of nitrogens with one attached hydrogen (secondary N) is 1. The number of methoxy groups -OCH3 is 1. The minimum atomic E-state index is -0.844. The highest BCUT2D eigenvalue weighted by molar-refractivity contribution is 5.95. The highest BCUT2D eigenvalue weighted by Crippen LogP contribution is 2.50. The molecule has 0 radical (unpaired) electrons. The van der Waals surface area contributed by atoms with Crippen LogP contribution in [0.25, 0.3) is 10.8 Å². The van der Waals surface area contributed by atoms with Gasteiger partial charge in [-0.2, -0.15) is 5.10 Å². The molecule has 196 valence electrons. The second kappa shape index (κ2) is 10.4. The van der Waals surface area contributed by atoms with Gasteiger partial charge in [0.1, 0.15) is 11.6 Å². The van der Waals surface area contributed by atoms with Gasteiger partial charge in [-0.3, -0.25) is 4.79 Å². The lowest BCUT2D eigenvalue weighted by Crippen LogP contribution is -2.39. The first-order chi connectivity index (χ1) is 19.0. The molecule has 0 aliphatic heterocycles. The molecular formula is C33H31N3O3. The molecule has 2 N–H and O–H groups in total. The van der Waals surface area contributed by atoms with E-state index in [0.717, 1.165) is 38.9 Å². The molecule has 1 fully saturated rings. The Bertz CT molecular complexity index is 1600. The zero-order chi connectivity index (χ0) is 26.8. The molecule has 0 saturated heterocycles. The van der Waals surface area contributed by atoms with Crippen LogP contribution in [0.5, 0.6) is 5.75 Å². The molecule has 1 heterocycles. The molecule has 0 unspecified atom stereocenters. The predicted octanol–water partition coefficient (Wildman–Crippen LogP) is 6.04. The third-order valence-electron chi connectivity index (χ3n) is 7.69. The van der Waals surface area contributed by atoms with Gasteiger partial charge in [0.2, 0.25) is 5.91 Å². The number of hydrogen-bond donors (Lipinski definition) is 2. The van der Waals surface area contributed by atoms with Crippen LogP contribution in [0.1, 0.15) is 41.1 Å². The van der Waals surface area contributed by atoms with Crippen molar-refractivity contribution in [2.75, 3.05) is 12.4 Å². The van der Waals surface area contributed by atoms with Gasteiger partial charge in [0, 0.05) is 12.0 Å². The number of aliphatic hydroxyl groups is 1. The number of aromatic nitrogens is 2. The molecule has 39 heavy (non-hydrogen) atoms. The molecular weight excluding hydrogens is 486 g/mol. The summed E-state index contributed by atoms with van der Waals surface area (Å²) in [4.78, 5) is 13.3. The lowest BCUT2D eigenvalue weighted by atomic mass is 9.66. The van der Waals surface area contributed by atoms with Crippen molar-refractivity contribution in [3.63, 3.8) is 0 Å². The fourth-order valence-electron chi connectivity index (χ4n) is 5.52. The Morgan fingerprint density at radius 3 is 2.46 bits per heavy atom. The van der Waals surface area contributed by atoms with Gasteiger partial charge in [-0.05, 0) is 52.4 Å². The van der Waals surface area contributed by atoms with Gasteiger partial charge < -0.3 is 15.2 Å². The van der Waals surface area contributed by atoms with Gasteiger partial charge in [-0.15, -0.1) is 0 Å². The van der Waals surface area contributed by atoms with Crippen LogP contribution in [0.2, 0.25) is 0 Å². The van der Waals surface area contributed by atoms with Crippen LogP contribution in [0.3, 0.4) is 0 Å². The van der Waals surface area contributed by atoms with Gasteiger partial charge in [-0.25, -0.2) is 4.68 Å². The van der Waals surface area contributed by atoms with Crippen LogP contribution in [0.15, 0.2) is 103 Å². The Kier molecular flexibility index (Phi) is 6.63. The van der Waals surface area contributed by atoms with E-state index in [1.54, 1.807) is 7.11 Å². The molecule has 5 aromatic rings. The summed E-state index contributed by atoms with van der Waals surface area (Å²) >= 11 is 0. The number of hydrogen-bond acceptors (Lipinski definition) is 4. The summed E-state index contributed by atoms with van der Waals surface area (Å²) in [6.07, 6.45) is 1.46. The average molecular weight is 518 g/mol. The molecule has 6 rings (SSSR count). The zero-order valence-corrected chi connectivity index (χ0v) is 21.9. The summed E-state index contributed by atoms with van der Waals surface area (Å²) in [7, 11) is 1.65. The quantitative estimate of drug-likeness (QED) is 0.263. The normalized spacial score (nSPS) is 18.5. The molecule has 0 bridgehead atoms. The Morgan fingerprint density at radius 1 is 0.974 bits per heavy atom. The van der Waals surface area contributed by atoms with Crippen molar-refractivity contribution in [2.24, 2.45) is 0 Å². The van der Waals surface area contributed by atoms with E-state index in [1.165, 1.54) is 0 Å². The fraction of sp³-hybridized carbons (Fsp3) is 0.212. The van der Waals surface area contributed by atoms with Crippen LogP contribution in [0, 0.1) is 0 Å². The van der Waals surface area contributed by atoms with Gasteiger partial charge in [-0.1, -0.05) is 84.9 Å². The Labute approximate surface area is 227 Å². The molecule has 0 atom stereocenters. The Morgan fingerprint density at radius 2 is 1.69 bits per heavy atom. The van der Waals surface area contributed by atoms with E-state index in [4.69, 9.17) is 9.84 Å². The van der Waals surface area contributed by atoms with Crippen LogP contribution >= 0.6 is 0 Å². The van der Waals surface area contributed by atoms with Crippen molar-refractivity contribution in [3.8, 4) is 5.75 Å². The minimum Gasteiger partial charge on any atom is -0.497 e. The largest absolute Gasteiger partial charge is 0.497 e. The van der Waals surface area contributed by atoms with Crippen molar-refractivity contribution >= 4 is 22.5 Å². The van der Waals surface area contributed by atoms with E-state index >= 15 is 0 Å². The maximum Gasteiger partial charge on any atom is 0.229 e. The minimum absolute atomic E-state index is 0.0943. The van der Waals surface area contributed by atoms with Crippen LogP contribution in [-0.4, -0.2) is 27.9 Å². The van der Waals surface area contributed by atoms with E-state index in [1.807, 2.05) is 89.6 Å². The molecule has 1 saturated carbocycles. The van der Waals surface area contributed by atoms with Crippen molar-refractivity contribution < 1.29 is 14.6 Å². The highest BCUT2D eigenvalue weighted by atomic mass is 16.5. The van der Waals surface area contributed by atoms with Gasteiger partial charge >= 0.3 is 0 Å². The fourth-order valence-corrected chi connectivity index (χ4v) is 5.52. The number of anilines is 1. The van der Waals surface area contributed by atoms with Gasteiger partial charge in [0.05, 0.1) is 31.4 Å². The van der Waals surface area contributed by atoms with E-state index < -0.39 is 5.60 Å². The summed E-state index contributed by atoms with van der Waals surface area (Å²) in [6.45, 7) is 0.504. The van der Waals surface area contributed by atoms with Crippen LogP contribution in [-0.2, 0) is 23.4 Å². The number of fused-ring (bicyclic) bond motifs is 1. The standard InChI is InChI=1S/C33H31N3O3/c1-39-28-16-14-23(15-17-28)22-36-31(34-32(37)18-25-10-7-9-24-8-5-6-13-29(24)25)19-30(35-36)26-20-33(38,21-26)27-11-3-2-4-12-27/h2-17,19,26,38H,18,20-22H2,1H3,(H,34,37)/t26-,33-. The van der Waals surface area contributed by atoms with Crippen LogP contribution in [0.4, 0.5) is 5.82 Å². The van der Waals surface area contributed by atoms with Crippen molar-refractivity contribution in [2.45, 2.75) is 37.3 Å². The third kappa shape index (κ3) is 5.16. The second-order valence-corrected chi connectivity index (χ2v) is 10.3. The zero-order valence-electron chi connectivity index (χ0n) is 21.9. The van der Waals surface area contributed by atoms with Crippen LogP contribution < -0.4 is 10.1 Å². The number of benzene rings is 4. The van der Waals surface area contributed by atoms with Gasteiger partial charge in [0.25, 0.3) is 0 Å². The third-order valence-corrected chi connectivity index (χ3v) is 7.69. The number of carbonyl (C=O) groups is 1. The number of carbonyl (C=O) groups excluding carboxylic acids is 1. The van der Waals surface area contributed by atoms with Crippen molar-refractivity contribution in [1.82, 2.24) is 9.78 Å². The maximum atomic E-state index is 13.3. The summed E-state index contributed by atoms with van der Waals surface area (Å²) in [5, 5.41) is 21.4. The number of amides is 1. The molecule has 1 aliphatic rings. The maximum absolute atomic E-state index is 13.3. The number of nitrogens with zero attached hydrogens (tertiary/aromatic N) is 2. The molecule has 4 aromatic carbocycles. The monoisotopic (exact) mass is 517 g/mol. The lowest BCUT2D eigenvalue weighted by molar-refractivity contribution is -0.115. The van der Waals surface area contributed by atoms with E-state index in [9.17, 15) is 9.90 Å². The summed E-state index contributed by atoms with van der Waals surface area (Å²) < 4.78 is 7.14.